The molecular weight excluding hydrogens is 342 g/mol. The van der Waals surface area contributed by atoms with Crippen molar-refractivity contribution in [2.45, 2.75) is 0 Å². The Morgan fingerprint density at radius 2 is 1.62 bits per heavy atom. The fraction of sp³-hybridized carbons (Fsp3) is 0.222. The summed E-state index contributed by atoms with van der Waals surface area (Å²) in [5.74, 6) is -0.157. The van der Waals surface area contributed by atoms with Crippen molar-refractivity contribution < 1.29 is 33.6 Å². The van der Waals surface area contributed by atoms with Gasteiger partial charge in [0.05, 0.1) is 32.6 Å². The predicted molar refractivity (Wildman–Crippen MR) is 93.6 cm³/mol. The standard InChI is InChI=1S/C18H19NO7/c1-23-11-5-4-6-12(7-11)26-10-17(20)19-14-9-16(25-3)15(24-2)8-13(14)18(21)22/h4-9H,10H2,1-3H3,(H,19,20)(H,21,22). The lowest BCUT2D eigenvalue weighted by atomic mass is 10.1. The van der Waals surface area contributed by atoms with E-state index in [9.17, 15) is 14.7 Å². The van der Waals surface area contributed by atoms with Gasteiger partial charge in [0.1, 0.15) is 11.5 Å². The maximum absolute atomic E-state index is 12.1. The van der Waals surface area contributed by atoms with E-state index >= 15 is 0 Å². The molecule has 0 spiro atoms. The average molecular weight is 361 g/mol. The third kappa shape index (κ3) is 4.56. The summed E-state index contributed by atoms with van der Waals surface area (Å²) in [7, 11) is 4.33. The summed E-state index contributed by atoms with van der Waals surface area (Å²) in [5, 5.41) is 11.8. The Balaban J connectivity index is 2.13. The van der Waals surface area contributed by atoms with E-state index in [1.54, 1.807) is 24.3 Å². The molecule has 2 N–H and O–H groups in total. The van der Waals surface area contributed by atoms with E-state index in [2.05, 4.69) is 5.32 Å². The minimum absolute atomic E-state index is 0.0781. The van der Waals surface area contributed by atoms with Crippen molar-refractivity contribution in [1.29, 1.82) is 0 Å². The molecule has 2 rings (SSSR count). The lowest BCUT2D eigenvalue weighted by molar-refractivity contribution is -0.118. The number of amides is 1. The van der Waals surface area contributed by atoms with Crippen molar-refractivity contribution in [3.05, 3.63) is 42.0 Å². The zero-order chi connectivity index (χ0) is 19.1. The van der Waals surface area contributed by atoms with E-state index < -0.39 is 11.9 Å². The van der Waals surface area contributed by atoms with Gasteiger partial charge >= 0.3 is 5.97 Å². The second kappa shape index (κ2) is 8.61. The highest BCUT2D eigenvalue weighted by molar-refractivity contribution is 6.01. The first-order valence-corrected chi connectivity index (χ1v) is 7.54. The molecular formula is C18H19NO7. The van der Waals surface area contributed by atoms with Crippen molar-refractivity contribution in [2.75, 3.05) is 33.3 Å². The van der Waals surface area contributed by atoms with Crippen molar-refractivity contribution >= 4 is 17.6 Å². The van der Waals surface area contributed by atoms with Gasteiger partial charge in [0, 0.05) is 18.2 Å². The lowest BCUT2D eigenvalue weighted by Gasteiger charge is -2.14. The minimum atomic E-state index is -1.21. The summed E-state index contributed by atoms with van der Waals surface area (Å²) < 4.78 is 20.7. The molecule has 8 nitrogen and oxygen atoms in total. The first kappa shape index (κ1) is 18.9. The van der Waals surface area contributed by atoms with Gasteiger partial charge in [0.15, 0.2) is 18.1 Å². The molecule has 0 aliphatic rings. The average Bonchev–Trinajstić information content (AvgIpc) is 2.65. The van der Waals surface area contributed by atoms with Gasteiger partial charge in [-0.3, -0.25) is 4.79 Å². The van der Waals surface area contributed by atoms with Crippen LogP contribution in [0.25, 0.3) is 0 Å². The van der Waals surface area contributed by atoms with E-state index in [1.807, 2.05) is 0 Å². The van der Waals surface area contributed by atoms with Gasteiger partial charge in [0.2, 0.25) is 0 Å². The number of ether oxygens (including phenoxy) is 4. The third-order valence-electron chi connectivity index (χ3n) is 3.44. The number of nitrogens with one attached hydrogen (secondary N) is 1. The van der Waals surface area contributed by atoms with Crippen LogP contribution in [0.1, 0.15) is 10.4 Å². The smallest absolute Gasteiger partial charge is 0.337 e. The molecule has 2 aromatic rings. The van der Waals surface area contributed by atoms with Crippen molar-refractivity contribution in [3.8, 4) is 23.0 Å². The predicted octanol–water partition coefficient (Wildman–Crippen LogP) is 2.43. The van der Waals surface area contributed by atoms with Crippen LogP contribution in [-0.4, -0.2) is 44.9 Å². The van der Waals surface area contributed by atoms with E-state index in [4.69, 9.17) is 18.9 Å². The molecule has 0 atom stereocenters. The molecule has 1 amide bonds. The maximum Gasteiger partial charge on any atom is 0.337 e. The lowest BCUT2D eigenvalue weighted by Crippen LogP contribution is -2.21. The second-order valence-electron chi connectivity index (χ2n) is 5.07. The SMILES string of the molecule is COc1cccc(OCC(=O)Nc2cc(OC)c(OC)cc2C(=O)O)c1. The number of methoxy groups -OCH3 is 3. The molecule has 8 heteroatoms. The highest BCUT2D eigenvalue weighted by atomic mass is 16.5. The van der Waals surface area contributed by atoms with Crippen molar-refractivity contribution in [2.24, 2.45) is 0 Å². The largest absolute Gasteiger partial charge is 0.497 e. The Labute approximate surface area is 150 Å². The zero-order valence-corrected chi connectivity index (χ0v) is 14.6. The Morgan fingerprint density at radius 1 is 0.962 bits per heavy atom. The monoisotopic (exact) mass is 361 g/mol. The molecule has 0 saturated carbocycles. The summed E-state index contributed by atoms with van der Waals surface area (Å²) in [6, 6.07) is 9.44. The topological polar surface area (TPSA) is 103 Å². The van der Waals surface area contributed by atoms with Gasteiger partial charge in [-0.2, -0.15) is 0 Å². The van der Waals surface area contributed by atoms with E-state index in [1.165, 1.54) is 33.5 Å². The second-order valence-corrected chi connectivity index (χ2v) is 5.07. The van der Waals surface area contributed by atoms with Crippen LogP contribution in [0.4, 0.5) is 5.69 Å². The van der Waals surface area contributed by atoms with Crippen LogP contribution in [0, 0.1) is 0 Å². The van der Waals surface area contributed by atoms with Gasteiger partial charge < -0.3 is 29.4 Å². The van der Waals surface area contributed by atoms with Gasteiger partial charge in [0.25, 0.3) is 5.91 Å². The number of hydrogen-bond donors (Lipinski definition) is 2. The highest BCUT2D eigenvalue weighted by Crippen LogP contribution is 2.33. The number of carboxylic acid groups (broad SMARTS) is 1. The molecule has 26 heavy (non-hydrogen) atoms. The molecule has 0 aliphatic carbocycles. The zero-order valence-electron chi connectivity index (χ0n) is 14.6. The minimum Gasteiger partial charge on any atom is -0.497 e. The Bertz CT molecular complexity index is 804. The number of hydrogen-bond acceptors (Lipinski definition) is 6. The molecule has 0 fully saturated rings. The molecule has 0 aromatic heterocycles. The van der Waals surface area contributed by atoms with E-state index in [0.717, 1.165) is 0 Å². The van der Waals surface area contributed by atoms with Crippen molar-refractivity contribution in [1.82, 2.24) is 0 Å². The Morgan fingerprint density at radius 3 is 2.23 bits per heavy atom. The summed E-state index contributed by atoms with van der Waals surface area (Å²) in [5.41, 5.74) is -0.0493. The molecule has 0 radical (unpaired) electrons. The molecule has 0 aliphatic heterocycles. The van der Waals surface area contributed by atoms with Crippen LogP contribution in [-0.2, 0) is 4.79 Å². The summed E-state index contributed by atoms with van der Waals surface area (Å²) in [4.78, 5) is 23.6. The van der Waals surface area contributed by atoms with Gasteiger partial charge in [-0.25, -0.2) is 4.79 Å². The number of benzene rings is 2. The maximum atomic E-state index is 12.1. The quantitative estimate of drug-likeness (QED) is 0.744. The molecule has 2 aromatic carbocycles. The normalized spacial score (nSPS) is 9.96. The number of aromatic carboxylic acids is 1. The number of carboxylic acids is 1. The molecule has 0 bridgehead atoms. The molecule has 138 valence electrons. The fourth-order valence-corrected chi connectivity index (χ4v) is 2.19. The highest BCUT2D eigenvalue weighted by Gasteiger charge is 2.18. The van der Waals surface area contributed by atoms with Gasteiger partial charge in [-0.15, -0.1) is 0 Å². The van der Waals surface area contributed by atoms with E-state index in [-0.39, 0.29) is 23.6 Å². The first-order chi connectivity index (χ1) is 12.5. The Kier molecular flexibility index (Phi) is 6.26. The third-order valence-corrected chi connectivity index (χ3v) is 3.44. The number of carbonyl (C=O) groups excluding carboxylic acids is 1. The van der Waals surface area contributed by atoms with Crippen LogP contribution >= 0.6 is 0 Å². The van der Waals surface area contributed by atoms with E-state index in [0.29, 0.717) is 17.2 Å². The molecule has 0 heterocycles. The van der Waals surface area contributed by atoms with Crippen LogP contribution in [0.2, 0.25) is 0 Å². The molecule has 0 saturated heterocycles. The van der Waals surface area contributed by atoms with Crippen LogP contribution < -0.4 is 24.3 Å². The van der Waals surface area contributed by atoms with Crippen LogP contribution in [0.15, 0.2) is 36.4 Å². The van der Waals surface area contributed by atoms with Crippen molar-refractivity contribution in [3.63, 3.8) is 0 Å². The summed E-state index contributed by atoms with van der Waals surface area (Å²) in [6.45, 7) is -0.305. The summed E-state index contributed by atoms with van der Waals surface area (Å²) >= 11 is 0. The molecule has 0 unspecified atom stereocenters. The first-order valence-electron chi connectivity index (χ1n) is 7.54. The summed E-state index contributed by atoms with van der Waals surface area (Å²) in [6.07, 6.45) is 0. The number of rotatable bonds is 8. The van der Waals surface area contributed by atoms with Gasteiger partial charge in [-0.05, 0) is 12.1 Å². The fourth-order valence-electron chi connectivity index (χ4n) is 2.19. The van der Waals surface area contributed by atoms with Gasteiger partial charge in [-0.1, -0.05) is 6.07 Å². The van der Waals surface area contributed by atoms with Crippen LogP contribution in [0.3, 0.4) is 0 Å². The van der Waals surface area contributed by atoms with Crippen LogP contribution in [0.5, 0.6) is 23.0 Å². The Hall–Kier alpha value is -3.42. The number of carbonyl (C=O) groups is 2. The number of anilines is 1.